The summed E-state index contributed by atoms with van der Waals surface area (Å²) in [5, 5.41) is 2.30. The van der Waals surface area contributed by atoms with Crippen LogP contribution in [0.1, 0.15) is 6.42 Å². The van der Waals surface area contributed by atoms with E-state index in [2.05, 4.69) is 5.32 Å². The van der Waals surface area contributed by atoms with E-state index < -0.39 is 27.6 Å². The minimum atomic E-state index is -3.44. The van der Waals surface area contributed by atoms with Gasteiger partial charge in [0.1, 0.15) is 11.6 Å². The van der Waals surface area contributed by atoms with Crippen molar-refractivity contribution < 1.29 is 22.0 Å². The molecule has 0 aliphatic rings. The minimum Gasteiger partial charge on any atom is -0.324 e. The predicted molar refractivity (Wildman–Crippen MR) is 84.6 cm³/mol. The van der Waals surface area contributed by atoms with Crippen molar-refractivity contribution in [1.29, 1.82) is 0 Å². The first-order chi connectivity index (χ1) is 10.6. The smallest absolute Gasteiger partial charge is 0.225 e. The number of halogens is 2. The van der Waals surface area contributed by atoms with Gasteiger partial charge in [-0.1, -0.05) is 0 Å². The van der Waals surface area contributed by atoms with Gasteiger partial charge in [0.2, 0.25) is 15.9 Å². The average molecular weight is 349 g/mol. The van der Waals surface area contributed by atoms with Crippen LogP contribution >= 0.6 is 0 Å². The Kier molecular flexibility index (Phi) is 7.04. The highest BCUT2D eigenvalue weighted by molar-refractivity contribution is 7.88. The molecule has 0 bridgehead atoms. The summed E-state index contributed by atoms with van der Waals surface area (Å²) in [6.07, 6.45) is 0.942. The molecule has 6 nitrogen and oxygen atoms in total. The summed E-state index contributed by atoms with van der Waals surface area (Å²) < 4.78 is 50.8. The van der Waals surface area contributed by atoms with Crippen molar-refractivity contribution in [3.8, 4) is 0 Å². The minimum absolute atomic E-state index is 0.0126. The van der Waals surface area contributed by atoms with E-state index in [4.69, 9.17) is 0 Å². The first-order valence-corrected chi connectivity index (χ1v) is 8.79. The van der Waals surface area contributed by atoms with E-state index in [-0.39, 0.29) is 25.2 Å². The van der Waals surface area contributed by atoms with Crippen molar-refractivity contribution in [2.45, 2.75) is 6.42 Å². The highest BCUT2D eigenvalue weighted by Gasteiger charge is 2.18. The van der Waals surface area contributed by atoms with Crippen LogP contribution in [0.2, 0.25) is 0 Å². The summed E-state index contributed by atoms with van der Waals surface area (Å²) in [6.45, 7) is 0.757. The Labute approximate surface area is 135 Å². The topological polar surface area (TPSA) is 69.7 Å². The Morgan fingerprint density at radius 1 is 1.17 bits per heavy atom. The van der Waals surface area contributed by atoms with Crippen LogP contribution in [0.15, 0.2) is 18.2 Å². The number of hydrogen-bond acceptors (Lipinski definition) is 4. The van der Waals surface area contributed by atoms with Gasteiger partial charge in [0.25, 0.3) is 0 Å². The summed E-state index contributed by atoms with van der Waals surface area (Å²) >= 11 is 0. The lowest BCUT2D eigenvalue weighted by Gasteiger charge is -2.21. The molecular formula is C14H21F2N3O3S. The summed E-state index contributed by atoms with van der Waals surface area (Å²) in [7, 11) is 0.180. The fraction of sp³-hybridized carbons (Fsp3) is 0.500. The van der Waals surface area contributed by atoms with E-state index in [1.807, 2.05) is 19.0 Å². The van der Waals surface area contributed by atoms with Crippen LogP contribution in [0, 0.1) is 11.6 Å². The lowest BCUT2D eigenvalue weighted by molar-refractivity contribution is -0.116. The second-order valence-corrected chi connectivity index (χ2v) is 7.37. The Hall–Kier alpha value is -1.58. The average Bonchev–Trinajstić information content (AvgIpc) is 2.40. The molecule has 130 valence electrons. The van der Waals surface area contributed by atoms with Gasteiger partial charge in [0.05, 0.1) is 11.9 Å². The van der Waals surface area contributed by atoms with E-state index >= 15 is 0 Å². The number of amides is 1. The summed E-state index contributed by atoms with van der Waals surface area (Å²) in [6, 6.07) is 2.80. The van der Waals surface area contributed by atoms with E-state index in [1.165, 1.54) is 4.31 Å². The van der Waals surface area contributed by atoms with Crippen molar-refractivity contribution in [2.24, 2.45) is 0 Å². The van der Waals surface area contributed by atoms with E-state index in [1.54, 1.807) is 0 Å². The number of likely N-dealkylation sites (N-methyl/N-ethyl adjacent to an activating group) is 1. The molecule has 1 amide bonds. The third kappa shape index (κ3) is 7.02. The lowest BCUT2D eigenvalue weighted by atomic mass is 10.3. The predicted octanol–water partition coefficient (Wildman–Crippen LogP) is 1.12. The maximum atomic E-state index is 13.4. The third-order valence-electron chi connectivity index (χ3n) is 3.06. The Bertz CT molecular complexity index is 651. The molecule has 0 saturated carbocycles. The molecular weight excluding hydrogens is 328 g/mol. The van der Waals surface area contributed by atoms with Gasteiger partial charge in [-0.05, 0) is 26.2 Å². The Morgan fingerprint density at radius 2 is 1.83 bits per heavy atom. The molecule has 0 heterocycles. The molecule has 23 heavy (non-hydrogen) atoms. The van der Waals surface area contributed by atoms with Crippen LogP contribution in [0.4, 0.5) is 14.5 Å². The van der Waals surface area contributed by atoms with Crippen LogP contribution in [0.3, 0.4) is 0 Å². The molecule has 0 spiro atoms. The molecule has 9 heteroatoms. The second-order valence-electron chi connectivity index (χ2n) is 5.39. The van der Waals surface area contributed by atoms with Gasteiger partial charge in [-0.15, -0.1) is 0 Å². The normalized spacial score (nSPS) is 12.0. The zero-order chi connectivity index (χ0) is 17.6. The lowest BCUT2D eigenvalue weighted by Crippen LogP contribution is -2.37. The second kappa shape index (κ2) is 8.32. The molecule has 0 radical (unpaired) electrons. The van der Waals surface area contributed by atoms with Crippen LogP contribution in [-0.2, 0) is 14.8 Å². The van der Waals surface area contributed by atoms with Gasteiger partial charge in [-0.25, -0.2) is 21.5 Å². The van der Waals surface area contributed by atoms with Crippen molar-refractivity contribution in [2.75, 3.05) is 45.3 Å². The van der Waals surface area contributed by atoms with Crippen molar-refractivity contribution >= 4 is 21.6 Å². The zero-order valence-electron chi connectivity index (χ0n) is 13.3. The Morgan fingerprint density at radius 3 is 2.35 bits per heavy atom. The first-order valence-electron chi connectivity index (χ1n) is 6.94. The molecule has 0 saturated heterocycles. The Balaban J connectivity index is 2.61. The largest absolute Gasteiger partial charge is 0.324 e. The third-order valence-corrected chi connectivity index (χ3v) is 4.36. The number of nitrogens with zero attached hydrogens (tertiary/aromatic N) is 2. The summed E-state index contributed by atoms with van der Waals surface area (Å²) in [5.74, 6) is -2.17. The monoisotopic (exact) mass is 349 g/mol. The van der Waals surface area contributed by atoms with Gasteiger partial charge >= 0.3 is 0 Å². The maximum Gasteiger partial charge on any atom is 0.225 e. The van der Waals surface area contributed by atoms with Gasteiger partial charge in [-0.2, -0.15) is 0 Å². The molecule has 1 N–H and O–H groups in total. The molecule has 0 aliphatic carbocycles. The van der Waals surface area contributed by atoms with Crippen molar-refractivity contribution in [3.63, 3.8) is 0 Å². The molecule has 0 fully saturated rings. The number of hydrogen-bond donors (Lipinski definition) is 1. The maximum absolute atomic E-state index is 13.4. The van der Waals surface area contributed by atoms with Gasteiger partial charge in [0.15, 0.2) is 0 Å². The molecule has 0 unspecified atom stereocenters. The number of benzene rings is 1. The van der Waals surface area contributed by atoms with Gasteiger partial charge in [0, 0.05) is 32.1 Å². The van der Waals surface area contributed by atoms with Crippen LogP contribution in [-0.4, -0.2) is 63.5 Å². The van der Waals surface area contributed by atoms with E-state index in [9.17, 15) is 22.0 Å². The number of sulfonamides is 1. The van der Waals surface area contributed by atoms with E-state index in [0.717, 1.165) is 18.4 Å². The van der Waals surface area contributed by atoms with E-state index in [0.29, 0.717) is 12.6 Å². The molecule has 1 rings (SSSR count). The highest BCUT2D eigenvalue weighted by atomic mass is 32.2. The number of anilines is 1. The molecule has 0 atom stereocenters. The summed E-state index contributed by atoms with van der Waals surface area (Å²) in [4.78, 5) is 13.6. The number of rotatable bonds is 8. The van der Waals surface area contributed by atoms with Crippen LogP contribution < -0.4 is 5.32 Å². The quantitative estimate of drug-likeness (QED) is 0.763. The van der Waals surface area contributed by atoms with Gasteiger partial charge < -0.3 is 10.2 Å². The van der Waals surface area contributed by atoms with Crippen LogP contribution in [0.5, 0.6) is 0 Å². The number of nitrogens with one attached hydrogen (secondary N) is 1. The zero-order valence-corrected chi connectivity index (χ0v) is 14.2. The molecule has 0 aliphatic heterocycles. The van der Waals surface area contributed by atoms with Crippen molar-refractivity contribution in [1.82, 2.24) is 9.21 Å². The first kappa shape index (κ1) is 19.5. The fourth-order valence-electron chi connectivity index (χ4n) is 1.78. The molecule has 0 aromatic heterocycles. The standard InChI is InChI=1S/C14H21F2N3O3S/c1-18(2)8-9-19(23(3,21)22)7-6-14(20)17-13-5-4-11(15)10-12(13)16/h4-5,10H,6-9H2,1-3H3,(H,17,20). The number of carbonyl (C=O) groups excluding carboxylic acids is 1. The van der Waals surface area contributed by atoms with Gasteiger partial charge in [-0.3, -0.25) is 4.79 Å². The number of carbonyl (C=O) groups is 1. The summed E-state index contributed by atoms with van der Waals surface area (Å²) in [5.41, 5.74) is -0.143. The molecule has 1 aromatic rings. The fourth-order valence-corrected chi connectivity index (χ4v) is 2.62. The van der Waals surface area contributed by atoms with Crippen molar-refractivity contribution in [3.05, 3.63) is 29.8 Å². The SMILES string of the molecule is CN(C)CCN(CCC(=O)Nc1ccc(F)cc1F)S(C)(=O)=O. The van der Waals surface area contributed by atoms with Crippen LogP contribution in [0.25, 0.3) is 0 Å². The molecule has 1 aromatic carbocycles. The highest BCUT2D eigenvalue weighted by Crippen LogP contribution is 2.15.